The van der Waals surface area contributed by atoms with Crippen LogP contribution in [0, 0.1) is 11.3 Å². The van der Waals surface area contributed by atoms with Gasteiger partial charge < -0.3 is 15.1 Å². The average Bonchev–Trinajstić information content (AvgIpc) is 3.33. The number of nitrogens with one attached hydrogen (secondary N) is 1. The van der Waals surface area contributed by atoms with Gasteiger partial charge in [-0.15, -0.1) is 0 Å². The molecule has 2 atom stereocenters. The van der Waals surface area contributed by atoms with Gasteiger partial charge in [0.25, 0.3) is 0 Å². The molecule has 1 N–H and O–H groups in total. The van der Waals surface area contributed by atoms with E-state index in [2.05, 4.69) is 16.3 Å². The minimum absolute atomic E-state index is 0.0332. The monoisotopic (exact) mass is 413 g/mol. The fourth-order valence-electron chi connectivity index (χ4n) is 4.82. The first-order chi connectivity index (χ1) is 14.5. The predicted molar refractivity (Wildman–Crippen MR) is 112 cm³/mol. The van der Waals surface area contributed by atoms with Gasteiger partial charge >= 0.3 is 0 Å². The van der Waals surface area contributed by atoms with E-state index in [1.54, 1.807) is 6.92 Å². The van der Waals surface area contributed by atoms with E-state index >= 15 is 0 Å². The van der Waals surface area contributed by atoms with Crippen molar-refractivity contribution in [1.82, 2.24) is 9.80 Å². The third-order valence-electron chi connectivity index (χ3n) is 6.43. The van der Waals surface area contributed by atoms with Crippen LogP contribution >= 0.6 is 0 Å². The summed E-state index contributed by atoms with van der Waals surface area (Å²) >= 11 is 0. The molecule has 0 saturated carbocycles. The molecule has 0 radical (unpaired) electrons. The highest BCUT2D eigenvalue weighted by atomic mass is 19.1. The molecule has 0 bridgehead atoms. The zero-order valence-corrected chi connectivity index (χ0v) is 17.3. The summed E-state index contributed by atoms with van der Waals surface area (Å²) in [6.07, 6.45) is 1.69. The lowest BCUT2D eigenvalue weighted by Gasteiger charge is -2.34. The highest BCUT2D eigenvalue weighted by molar-refractivity contribution is 5.95. The number of carbonyl (C=O) groups is 2. The molecule has 8 heteroatoms. The summed E-state index contributed by atoms with van der Waals surface area (Å²) in [5.74, 6) is -0.0853. The quantitative estimate of drug-likeness (QED) is 0.816. The van der Waals surface area contributed by atoms with Crippen molar-refractivity contribution in [2.45, 2.75) is 50.9 Å². The number of nitriles is 1. The van der Waals surface area contributed by atoms with E-state index in [4.69, 9.17) is 5.26 Å². The lowest BCUT2D eigenvalue weighted by molar-refractivity contribution is -0.132. The molecule has 0 aliphatic carbocycles. The van der Waals surface area contributed by atoms with Gasteiger partial charge in [0.2, 0.25) is 11.8 Å². The SMILES string of the molecule is CC(=O)N1CCc2c(NC3CCN(CC(=O)N4C[C@@H](F)CC4C#N)CC3)cccc21. The van der Waals surface area contributed by atoms with Crippen LogP contribution in [0.4, 0.5) is 15.8 Å². The number of piperidine rings is 1. The van der Waals surface area contributed by atoms with Crippen LogP contribution in [0.5, 0.6) is 0 Å². The molecule has 0 spiro atoms. The molecule has 2 amide bonds. The third kappa shape index (κ3) is 4.12. The highest BCUT2D eigenvalue weighted by Crippen LogP contribution is 2.34. The molecule has 160 valence electrons. The first kappa shape index (κ1) is 20.6. The van der Waals surface area contributed by atoms with E-state index in [0.29, 0.717) is 6.04 Å². The molecule has 2 saturated heterocycles. The second-order valence-corrected chi connectivity index (χ2v) is 8.44. The maximum Gasteiger partial charge on any atom is 0.237 e. The Bertz CT molecular complexity index is 862. The summed E-state index contributed by atoms with van der Waals surface area (Å²) in [7, 11) is 0. The number of fused-ring (bicyclic) bond motifs is 1. The lowest BCUT2D eigenvalue weighted by Crippen LogP contribution is -2.46. The first-order valence-electron chi connectivity index (χ1n) is 10.7. The van der Waals surface area contributed by atoms with Gasteiger partial charge in [0.05, 0.1) is 19.2 Å². The summed E-state index contributed by atoms with van der Waals surface area (Å²) in [5.41, 5.74) is 3.29. The topological polar surface area (TPSA) is 79.7 Å². The van der Waals surface area contributed by atoms with Gasteiger partial charge in [-0.1, -0.05) is 6.07 Å². The summed E-state index contributed by atoms with van der Waals surface area (Å²) in [6.45, 7) is 4.16. The largest absolute Gasteiger partial charge is 0.382 e. The van der Waals surface area contributed by atoms with Crippen LogP contribution in [0.15, 0.2) is 18.2 Å². The first-order valence-corrected chi connectivity index (χ1v) is 10.7. The third-order valence-corrected chi connectivity index (χ3v) is 6.43. The number of nitrogens with zero attached hydrogens (tertiary/aromatic N) is 4. The van der Waals surface area contributed by atoms with Crippen molar-refractivity contribution < 1.29 is 14.0 Å². The molecule has 30 heavy (non-hydrogen) atoms. The van der Waals surface area contributed by atoms with Crippen LogP contribution in [-0.4, -0.2) is 72.6 Å². The van der Waals surface area contributed by atoms with Crippen LogP contribution in [0.1, 0.15) is 31.7 Å². The molecule has 0 aromatic heterocycles. The minimum atomic E-state index is -1.10. The minimum Gasteiger partial charge on any atom is -0.382 e. The molecule has 7 nitrogen and oxygen atoms in total. The Morgan fingerprint density at radius 2 is 2.03 bits per heavy atom. The van der Waals surface area contributed by atoms with E-state index < -0.39 is 12.2 Å². The van der Waals surface area contributed by atoms with Gasteiger partial charge in [-0.05, 0) is 31.4 Å². The average molecular weight is 413 g/mol. The standard InChI is InChI=1S/C22H28FN5O2/c1-15(29)27-10-7-19-20(3-2-4-21(19)27)25-17-5-8-26(9-6-17)14-22(30)28-13-16(23)11-18(28)12-24/h2-4,16-18,25H,5-11,13-14H2,1H3/t16-,18?/m0/s1. The number of likely N-dealkylation sites (tertiary alicyclic amines) is 2. The zero-order chi connectivity index (χ0) is 21.3. The normalized spacial score (nSPS) is 24.6. The molecular weight excluding hydrogens is 385 g/mol. The van der Waals surface area contributed by atoms with Crippen molar-refractivity contribution in [3.05, 3.63) is 23.8 Å². The Morgan fingerprint density at radius 1 is 1.27 bits per heavy atom. The van der Waals surface area contributed by atoms with Gasteiger partial charge in [0.15, 0.2) is 0 Å². The predicted octanol–water partition coefficient (Wildman–Crippen LogP) is 1.93. The molecule has 4 rings (SSSR count). The van der Waals surface area contributed by atoms with Crippen molar-refractivity contribution in [2.75, 3.05) is 42.9 Å². The summed E-state index contributed by atoms with van der Waals surface area (Å²) in [5, 5.41) is 12.8. The maximum absolute atomic E-state index is 13.6. The van der Waals surface area contributed by atoms with Crippen LogP contribution in [-0.2, 0) is 16.0 Å². The van der Waals surface area contributed by atoms with E-state index in [9.17, 15) is 14.0 Å². The van der Waals surface area contributed by atoms with Crippen molar-refractivity contribution in [1.29, 1.82) is 5.26 Å². The Kier molecular flexibility index (Phi) is 5.91. The number of amides is 2. The summed E-state index contributed by atoms with van der Waals surface area (Å²) in [6, 6.07) is 7.76. The number of hydrogen-bond donors (Lipinski definition) is 1. The van der Waals surface area contributed by atoms with Crippen molar-refractivity contribution in [3.63, 3.8) is 0 Å². The fraction of sp³-hybridized carbons (Fsp3) is 0.591. The van der Waals surface area contributed by atoms with Crippen molar-refractivity contribution >= 4 is 23.2 Å². The number of benzene rings is 1. The van der Waals surface area contributed by atoms with Crippen LogP contribution in [0.25, 0.3) is 0 Å². The Hall–Kier alpha value is -2.66. The molecule has 3 aliphatic heterocycles. The van der Waals surface area contributed by atoms with Gasteiger partial charge in [0, 0.05) is 56.0 Å². The smallest absolute Gasteiger partial charge is 0.237 e. The Labute approximate surface area is 176 Å². The Balaban J connectivity index is 1.30. The number of alkyl halides is 1. The molecule has 1 aromatic rings. The Morgan fingerprint density at radius 3 is 2.73 bits per heavy atom. The van der Waals surface area contributed by atoms with E-state index in [1.807, 2.05) is 23.1 Å². The van der Waals surface area contributed by atoms with Crippen LogP contribution in [0.3, 0.4) is 0 Å². The van der Waals surface area contributed by atoms with Gasteiger partial charge in [0.1, 0.15) is 12.2 Å². The molecule has 1 unspecified atom stereocenters. The van der Waals surface area contributed by atoms with Gasteiger partial charge in [-0.3, -0.25) is 14.5 Å². The maximum atomic E-state index is 13.6. The van der Waals surface area contributed by atoms with Gasteiger partial charge in [-0.25, -0.2) is 4.39 Å². The number of halogens is 1. The van der Waals surface area contributed by atoms with Crippen molar-refractivity contribution in [2.24, 2.45) is 0 Å². The van der Waals surface area contributed by atoms with E-state index in [1.165, 1.54) is 10.5 Å². The number of hydrogen-bond acceptors (Lipinski definition) is 5. The van der Waals surface area contributed by atoms with Gasteiger partial charge in [-0.2, -0.15) is 5.26 Å². The molecule has 3 aliphatic rings. The number of rotatable bonds is 4. The lowest BCUT2D eigenvalue weighted by atomic mass is 10.0. The summed E-state index contributed by atoms with van der Waals surface area (Å²) < 4.78 is 13.6. The fourth-order valence-corrected chi connectivity index (χ4v) is 4.82. The summed E-state index contributed by atoms with van der Waals surface area (Å²) in [4.78, 5) is 29.7. The van der Waals surface area contributed by atoms with E-state index in [-0.39, 0.29) is 31.3 Å². The molecule has 3 heterocycles. The number of anilines is 2. The second-order valence-electron chi connectivity index (χ2n) is 8.44. The van der Waals surface area contributed by atoms with Crippen LogP contribution in [0.2, 0.25) is 0 Å². The number of carbonyl (C=O) groups excluding carboxylic acids is 2. The highest BCUT2D eigenvalue weighted by Gasteiger charge is 2.36. The van der Waals surface area contributed by atoms with E-state index in [0.717, 1.165) is 50.3 Å². The zero-order valence-electron chi connectivity index (χ0n) is 17.3. The second kappa shape index (κ2) is 8.60. The molecule has 2 fully saturated rings. The van der Waals surface area contributed by atoms with Crippen molar-refractivity contribution in [3.8, 4) is 6.07 Å². The van der Waals surface area contributed by atoms with Crippen LogP contribution < -0.4 is 10.2 Å². The molecular formula is C22H28FN5O2. The molecule has 1 aromatic carbocycles.